The molecule has 0 radical (unpaired) electrons. The normalized spacial score (nSPS) is 29.1. The molecule has 2 fully saturated rings. The van der Waals surface area contributed by atoms with Gasteiger partial charge in [-0.15, -0.1) is 0 Å². The molecule has 0 aromatic rings. The van der Waals surface area contributed by atoms with Crippen LogP contribution < -0.4 is 5.73 Å². The SMILES string of the molecule is CC1CN(C(=O)C(N)C2CCOCC2)CCO1. The predicted molar refractivity (Wildman–Crippen MR) is 63.5 cm³/mol. The van der Waals surface area contributed by atoms with Gasteiger partial charge in [0.15, 0.2) is 0 Å². The van der Waals surface area contributed by atoms with Crippen molar-refractivity contribution in [2.45, 2.75) is 31.9 Å². The summed E-state index contributed by atoms with van der Waals surface area (Å²) in [6, 6.07) is -0.371. The third-order valence-electron chi connectivity index (χ3n) is 3.61. The summed E-state index contributed by atoms with van der Waals surface area (Å²) in [5.41, 5.74) is 6.08. The fourth-order valence-corrected chi connectivity index (χ4v) is 2.51. The lowest BCUT2D eigenvalue weighted by atomic mass is 9.91. The molecule has 5 nitrogen and oxygen atoms in total. The van der Waals surface area contributed by atoms with E-state index in [4.69, 9.17) is 15.2 Å². The van der Waals surface area contributed by atoms with Crippen LogP contribution in [0.1, 0.15) is 19.8 Å². The molecular formula is C12H22N2O3. The summed E-state index contributed by atoms with van der Waals surface area (Å²) < 4.78 is 10.7. The minimum Gasteiger partial charge on any atom is -0.381 e. The van der Waals surface area contributed by atoms with Gasteiger partial charge in [0.05, 0.1) is 18.8 Å². The van der Waals surface area contributed by atoms with Gasteiger partial charge in [0.25, 0.3) is 0 Å². The number of ether oxygens (including phenoxy) is 2. The minimum absolute atomic E-state index is 0.0760. The molecule has 2 heterocycles. The third kappa shape index (κ3) is 3.18. The van der Waals surface area contributed by atoms with Crippen LogP contribution in [0.15, 0.2) is 0 Å². The van der Waals surface area contributed by atoms with Gasteiger partial charge in [0.1, 0.15) is 0 Å². The Kier molecular flexibility index (Phi) is 4.36. The fraction of sp³-hybridized carbons (Fsp3) is 0.917. The second-order valence-corrected chi connectivity index (χ2v) is 4.94. The Hall–Kier alpha value is -0.650. The average molecular weight is 242 g/mol. The lowest BCUT2D eigenvalue weighted by molar-refractivity contribution is -0.141. The largest absolute Gasteiger partial charge is 0.381 e. The highest BCUT2D eigenvalue weighted by Crippen LogP contribution is 2.19. The Bertz CT molecular complexity index is 266. The van der Waals surface area contributed by atoms with Crippen molar-refractivity contribution in [1.82, 2.24) is 4.90 Å². The van der Waals surface area contributed by atoms with Crippen LogP contribution in [-0.4, -0.2) is 55.9 Å². The number of hydrogen-bond acceptors (Lipinski definition) is 4. The van der Waals surface area contributed by atoms with E-state index in [1.165, 1.54) is 0 Å². The van der Waals surface area contributed by atoms with Gasteiger partial charge in [0.2, 0.25) is 5.91 Å². The Morgan fingerprint density at radius 3 is 2.71 bits per heavy atom. The van der Waals surface area contributed by atoms with Crippen LogP contribution in [0.2, 0.25) is 0 Å². The van der Waals surface area contributed by atoms with E-state index in [0.717, 1.165) is 26.1 Å². The number of amides is 1. The number of rotatable bonds is 2. The van der Waals surface area contributed by atoms with E-state index < -0.39 is 0 Å². The Morgan fingerprint density at radius 2 is 2.06 bits per heavy atom. The molecule has 0 aromatic carbocycles. The van der Waals surface area contributed by atoms with Crippen LogP contribution in [-0.2, 0) is 14.3 Å². The van der Waals surface area contributed by atoms with Gasteiger partial charge in [-0.05, 0) is 25.7 Å². The van der Waals surface area contributed by atoms with Crippen LogP contribution in [0.25, 0.3) is 0 Å². The van der Waals surface area contributed by atoms with Gasteiger partial charge in [0, 0.05) is 26.3 Å². The lowest BCUT2D eigenvalue weighted by Crippen LogP contribution is -2.53. The van der Waals surface area contributed by atoms with Gasteiger partial charge < -0.3 is 20.1 Å². The number of nitrogens with two attached hydrogens (primary N) is 1. The second kappa shape index (κ2) is 5.80. The first-order chi connectivity index (χ1) is 8.18. The number of hydrogen-bond donors (Lipinski definition) is 1. The number of nitrogens with zero attached hydrogens (tertiary/aromatic N) is 1. The third-order valence-corrected chi connectivity index (χ3v) is 3.61. The van der Waals surface area contributed by atoms with Crippen molar-refractivity contribution in [3.63, 3.8) is 0 Å². The molecule has 17 heavy (non-hydrogen) atoms. The fourth-order valence-electron chi connectivity index (χ4n) is 2.51. The highest BCUT2D eigenvalue weighted by atomic mass is 16.5. The molecule has 98 valence electrons. The van der Waals surface area contributed by atoms with Crippen molar-refractivity contribution in [2.75, 3.05) is 32.9 Å². The van der Waals surface area contributed by atoms with Crippen LogP contribution in [0.5, 0.6) is 0 Å². The van der Waals surface area contributed by atoms with Crippen LogP contribution in [0.3, 0.4) is 0 Å². The molecule has 0 bridgehead atoms. The van der Waals surface area contributed by atoms with E-state index in [9.17, 15) is 4.79 Å². The summed E-state index contributed by atoms with van der Waals surface area (Å²) in [7, 11) is 0. The molecule has 2 saturated heterocycles. The van der Waals surface area contributed by atoms with Crippen LogP contribution >= 0.6 is 0 Å². The van der Waals surface area contributed by atoms with Crippen molar-refractivity contribution < 1.29 is 14.3 Å². The first kappa shape index (κ1) is 12.8. The monoisotopic (exact) mass is 242 g/mol. The molecule has 5 heteroatoms. The molecule has 0 spiro atoms. The van der Waals surface area contributed by atoms with E-state index in [1.54, 1.807) is 0 Å². The molecule has 0 aromatic heterocycles. The van der Waals surface area contributed by atoms with Crippen molar-refractivity contribution in [3.05, 3.63) is 0 Å². The first-order valence-corrected chi connectivity index (χ1v) is 6.42. The zero-order valence-corrected chi connectivity index (χ0v) is 10.4. The number of carbonyl (C=O) groups is 1. The summed E-state index contributed by atoms with van der Waals surface area (Å²) >= 11 is 0. The average Bonchev–Trinajstić information content (AvgIpc) is 2.38. The van der Waals surface area contributed by atoms with Crippen molar-refractivity contribution in [1.29, 1.82) is 0 Å². The van der Waals surface area contributed by atoms with Crippen molar-refractivity contribution in [2.24, 2.45) is 11.7 Å². The Morgan fingerprint density at radius 1 is 1.35 bits per heavy atom. The molecular weight excluding hydrogens is 220 g/mol. The van der Waals surface area contributed by atoms with E-state index in [2.05, 4.69) is 0 Å². The summed E-state index contributed by atoms with van der Waals surface area (Å²) in [5, 5.41) is 0. The highest BCUT2D eigenvalue weighted by molar-refractivity contribution is 5.82. The smallest absolute Gasteiger partial charge is 0.239 e. The molecule has 2 atom stereocenters. The number of morpholine rings is 1. The summed E-state index contributed by atoms with van der Waals surface area (Å²) in [4.78, 5) is 14.1. The molecule has 0 saturated carbocycles. The maximum absolute atomic E-state index is 12.2. The van der Waals surface area contributed by atoms with Gasteiger partial charge in [-0.25, -0.2) is 0 Å². The molecule has 2 N–H and O–H groups in total. The van der Waals surface area contributed by atoms with Gasteiger partial charge in [-0.2, -0.15) is 0 Å². The number of carbonyl (C=O) groups excluding carboxylic acids is 1. The van der Waals surface area contributed by atoms with Gasteiger partial charge in [-0.3, -0.25) is 4.79 Å². The maximum atomic E-state index is 12.2. The molecule has 0 aliphatic carbocycles. The zero-order chi connectivity index (χ0) is 12.3. The molecule has 2 aliphatic heterocycles. The van der Waals surface area contributed by atoms with Crippen molar-refractivity contribution in [3.8, 4) is 0 Å². The molecule has 2 rings (SSSR count). The van der Waals surface area contributed by atoms with E-state index in [-0.39, 0.29) is 24.0 Å². The molecule has 2 aliphatic rings. The lowest BCUT2D eigenvalue weighted by Gasteiger charge is -2.35. The first-order valence-electron chi connectivity index (χ1n) is 6.42. The van der Waals surface area contributed by atoms with Crippen LogP contribution in [0, 0.1) is 5.92 Å². The zero-order valence-electron chi connectivity index (χ0n) is 10.4. The van der Waals surface area contributed by atoms with Crippen LogP contribution in [0.4, 0.5) is 0 Å². The Balaban J connectivity index is 1.89. The van der Waals surface area contributed by atoms with Gasteiger partial charge >= 0.3 is 0 Å². The summed E-state index contributed by atoms with van der Waals surface area (Å²) in [6.07, 6.45) is 1.91. The summed E-state index contributed by atoms with van der Waals surface area (Å²) in [5.74, 6) is 0.349. The Labute approximate surface area is 102 Å². The topological polar surface area (TPSA) is 64.8 Å². The second-order valence-electron chi connectivity index (χ2n) is 4.94. The van der Waals surface area contributed by atoms with Crippen molar-refractivity contribution >= 4 is 5.91 Å². The predicted octanol–water partition coefficient (Wildman–Crippen LogP) is -0.0124. The van der Waals surface area contributed by atoms with E-state index >= 15 is 0 Å². The molecule has 2 unspecified atom stereocenters. The minimum atomic E-state index is -0.371. The highest BCUT2D eigenvalue weighted by Gasteiger charge is 2.31. The van der Waals surface area contributed by atoms with E-state index in [0.29, 0.717) is 19.7 Å². The molecule has 1 amide bonds. The standard InChI is InChI=1S/C12H22N2O3/c1-9-8-14(4-7-17-9)12(15)11(13)10-2-5-16-6-3-10/h9-11H,2-8,13H2,1H3. The van der Waals surface area contributed by atoms with E-state index in [1.807, 2.05) is 11.8 Å². The summed E-state index contributed by atoms with van der Waals surface area (Å²) in [6.45, 7) is 5.39. The quantitative estimate of drug-likeness (QED) is 0.739. The van der Waals surface area contributed by atoms with Gasteiger partial charge in [-0.1, -0.05) is 0 Å². The maximum Gasteiger partial charge on any atom is 0.239 e.